The molecule has 1 atom stereocenters. The molecule has 1 fully saturated rings. The molecule has 0 aliphatic carbocycles. The van der Waals surface area contributed by atoms with E-state index in [9.17, 15) is 14.7 Å². The molecule has 1 aromatic carbocycles. The number of rotatable bonds is 6. The number of benzene rings is 1. The number of Topliss-reactive ketones (excluding diaryl/α,β-unsaturated/α-hetero) is 1. The molecule has 2 aromatic rings. The Morgan fingerprint density at radius 1 is 1.28 bits per heavy atom. The van der Waals surface area contributed by atoms with E-state index in [0.29, 0.717) is 34.6 Å². The van der Waals surface area contributed by atoms with E-state index in [2.05, 4.69) is 20.9 Å². The number of hydrogen-bond acceptors (Lipinski definition) is 6. The molecule has 1 unspecified atom stereocenters. The lowest BCUT2D eigenvalue weighted by Gasteiger charge is -2.25. The van der Waals surface area contributed by atoms with E-state index >= 15 is 0 Å². The molecule has 1 saturated heterocycles. The van der Waals surface area contributed by atoms with Crippen molar-refractivity contribution in [1.29, 1.82) is 0 Å². The minimum Gasteiger partial charge on any atom is -0.507 e. The third-order valence-corrected chi connectivity index (χ3v) is 5.34. The first-order chi connectivity index (χ1) is 13.8. The summed E-state index contributed by atoms with van der Waals surface area (Å²) >= 11 is 3.39. The molecule has 1 N–H and O–H groups in total. The van der Waals surface area contributed by atoms with E-state index in [4.69, 9.17) is 4.74 Å². The average molecular weight is 460 g/mol. The number of carbonyl (C=O) groups is 2. The maximum atomic E-state index is 12.9. The molecule has 29 heavy (non-hydrogen) atoms. The fourth-order valence-electron chi connectivity index (χ4n) is 3.23. The maximum absolute atomic E-state index is 12.9. The lowest BCUT2D eigenvalue weighted by molar-refractivity contribution is -0.140. The highest BCUT2D eigenvalue weighted by molar-refractivity contribution is 9.10. The van der Waals surface area contributed by atoms with Gasteiger partial charge >= 0.3 is 0 Å². The Kier molecular flexibility index (Phi) is 6.34. The first-order valence-electron chi connectivity index (χ1n) is 9.03. The van der Waals surface area contributed by atoms with Crippen LogP contribution in [0.3, 0.4) is 0 Å². The largest absolute Gasteiger partial charge is 0.507 e. The van der Waals surface area contributed by atoms with Crippen LogP contribution in [0.25, 0.3) is 5.76 Å². The predicted molar refractivity (Wildman–Crippen MR) is 112 cm³/mol. The zero-order valence-corrected chi connectivity index (χ0v) is 18.0. The Hall–Kier alpha value is -2.71. The normalized spacial score (nSPS) is 18.5. The first-order valence-corrected chi connectivity index (χ1v) is 9.82. The van der Waals surface area contributed by atoms with Crippen molar-refractivity contribution in [1.82, 2.24) is 14.8 Å². The molecule has 2 heterocycles. The number of carbonyl (C=O) groups excluding carboxylic acids is 2. The quantitative estimate of drug-likeness (QED) is 0.406. The highest BCUT2D eigenvalue weighted by Crippen LogP contribution is 2.39. The van der Waals surface area contributed by atoms with E-state index in [1.54, 1.807) is 42.6 Å². The number of ketones is 1. The molecule has 152 valence electrons. The number of aliphatic hydroxyl groups is 1. The summed E-state index contributed by atoms with van der Waals surface area (Å²) < 4.78 is 5.84. The zero-order chi connectivity index (χ0) is 21.1. The van der Waals surface area contributed by atoms with Crippen molar-refractivity contribution >= 4 is 33.4 Å². The van der Waals surface area contributed by atoms with Crippen LogP contribution in [0.1, 0.15) is 17.3 Å². The highest BCUT2D eigenvalue weighted by Gasteiger charge is 2.46. The topological polar surface area (TPSA) is 83.0 Å². The number of halogens is 1. The van der Waals surface area contributed by atoms with Crippen molar-refractivity contribution in [2.75, 3.05) is 34.3 Å². The maximum Gasteiger partial charge on any atom is 0.295 e. The number of nitrogens with zero attached hydrogens (tertiary/aromatic N) is 3. The summed E-state index contributed by atoms with van der Waals surface area (Å²) in [6.07, 6.45) is 1.60. The van der Waals surface area contributed by atoms with Crippen LogP contribution >= 0.6 is 15.9 Å². The number of ether oxygens (including phenoxy) is 1. The SMILES string of the molecule is COc1ccc(/C(O)=C2/C(=O)C(=O)N(CCN(C)C)C2c2ccccn2)cc1Br. The Morgan fingerprint density at radius 2 is 2.03 bits per heavy atom. The number of likely N-dealkylation sites (tertiary alicyclic amines) is 1. The Balaban J connectivity index is 2.13. The van der Waals surface area contributed by atoms with Crippen LogP contribution in [0.15, 0.2) is 52.6 Å². The summed E-state index contributed by atoms with van der Waals surface area (Å²) in [5.74, 6) is -1.01. The molecular formula is C21H22BrN3O4. The molecule has 1 amide bonds. The number of amides is 1. The fourth-order valence-corrected chi connectivity index (χ4v) is 3.77. The Labute approximate surface area is 177 Å². The fraction of sp³-hybridized carbons (Fsp3) is 0.286. The van der Waals surface area contributed by atoms with E-state index in [1.165, 1.54) is 12.0 Å². The van der Waals surface area contributed by atoms with Gasteiger partial charge < -0.3 is 19.6 Å². The molecule has 0 spiro atoms. The van der Waals surface area contributed by atoms with Gasteiger partial charge in [0.15, 0.2) is 0 Å². The molecule has 1 aromatic heterocycles. The number of pyridine rings is 1. The van der Waals surface area contributed by atoms with Crippen molar-refractivity contribution < 1.29 is 19.4 Å². The number of likely N-dealkylation sites (N-methyl/N-ethyl adjacent to an activating group) is 1. The van der Waals surface area contributed by atoms with Crippen LogP contribution in [-0.2, 0) is 9.59 Å². The minimum absolute atomic E-state index is 0.0320. The van der Waals surface area contributed by atoms with Gasteiger partial charge in [0.25, 0.3) is 11.7 Å². The number of aliphatic hydroxyl groups excluding tert-OH is 1. The van der Waals surface area contributed by atoms with E-state index in [1.807, 2.05) is 19.0 Å². The number of aromatic nitrogens is 1. The van der Waals surface area contributed by atoms with Crippen LogP contribution < -0.4 is 4.74 Å². The predicted octanol–water partition coefficient (Wildman–Crippen LogP) is 2.84. The van der Waals surface area contributed by atoms with Crippen molar-refractivity contribution in [3.8, 4) is 5.75 Å². The summed E-state index contributed by atoms with van der Waals surface area (Å²) in [5.41, 5.74) is 0.966. The molecule has 1 aliphatic rings. The number of methoxy groups -OCH3 is 1. The van der Waals surface area contributed by atoms with Crippen LogP contribution in [0.2, 0.25) is 0 Å². The second kappa shape index (κ2) is 8.75. The highest BCUT2D eigenvalue weighted by atomic mass is 79.9. The Morgan fingerprint density at radius 3 is 2.62 bits per heavy atom. The summed E-state index contributed by atoms with van der Waals surface area (Å²) in [7, 11) is 5.32. The van der Waals surface area contributed by atoms with Gasteiger partial charge in [-0.25, -0.2) is 0 Å². The monoisotopic (exact) mass is 459 g/mol. The van der Waals surface area contributed by atoms with E-state index in [0.717, 1.165) is 0 Å². The summed E-state index contributed by atoms with van der Waals surface area (Å²) in [6.45, 7) is 0.909. The molecular weight excluding hydrogens is 438 g/mol. The van der Waals surface area contributed by atoms with Gasteiger partial charge in [0, 0.05) is 24.8 Å². The average Bonchev–Trinajstić information content (AvgIpc) is 2.97. The van der Waals surface area contributed by atoms with Crippen molar-refractivity contribution in [3.05, 3.63) is 63.9 Å². The molecule has 8 heteroatoms. The van der Waals surface area contributed by atoms with Gasteiger partial charge in [-0.1, -0.05) is 6.07 Å². The zero-order valence-electron chi connectivity index (χ0n) is 16.4. The van der Waals surface area contributed by atoms with Crippen LogP contribution in [0, 0.1) is 0 Å². The molecule has 0 saturated carbocycles. The van der Waals surface area contributed by atoms with Gasteiger partial charge in [0.2, 0.25) is 0 Å². The molecule has 1 aliphatic heterocycles. The van der Waals surface area contributed by atoms with Crippen LogP contribution in [0.4, 0.5) is 0 Å². The van der Waals surface area contributed by atoms with Gasteiger partial charge in [0.1, 0.15) is 17.6 Å². The van der Waals surface area contributed by atoms with Gasteiger partial charge in [-0.05, 0) is 60.4 Å². The molecule has 0 bridgehead atoms. The van der Waals surface area contributed by atoms with Gasteiger partial charge in [-0.2, -0.15) is 0 Å². The van der Waals surface area contributed by atoms with Crippen LogP contribution in [-0.4, -0.2) is 65.9 Å². The second-order valence-electron chi connectivity index (χ2n) is 6.90. The van der Waals surface area contributed by atoms with E-state index in [-0.39, 0.29) is 11.3 Å². The lowest BCUT2D eigenvalue weighted by Crippen LogP contribution is -2.35. The Bertz CT molecular complexity index is 960. The van der Waals surface area contributed by atoms with Gasteiger partial charge in [-0.15, -0.1) is 0 Å². The first kappa shape index (κ1) is 21.0. The molecule has 7 nitrogen and oxygen atoms in total. The molecule has 0 radical (unpaired) electrons. The third-order valence-electron chi connectivity index (χ3n) is 4.72. The molecule has 3 rings (SSSR count). The second-order valence-corrected chi connectivity index (χ2v) is 7.75. The smallest absolute Gasteiger partial charge is 0.295 e. The van der Waals surface area contributed by atoms with Crippen LogP contribution in [0.5, 0.6) is 5.75 Å². The lowest BCUT2D eigenvalue weighted by atomic mass is 9.98. The van der Waals surface area contributed by atoms with Gasteiger partial charge in [0.05, 0.1) is 22.8 Å². The van der Waals surface area contributed by atoms with E-state index < -0.39 is 17.7 Å². The van der Waals surface area contributed by atoms with Crippen molar-refractivity contribution in [3.63, 3.8) is 0 Å². The van der Waals surface area contributed by atoms with Gasteiger partial charge in [-0.3, -0.25) is 14.6 Å². The van der Waals surface area contributed by atoms with Crippen molar-refractivity contribution in [2.45, 2.75) is 6.04 Å². The standard InChI is InChI=1S/C21H22BrN3O4/c1-24(2)10-11-25-18(15-6-4-5-9-23-15)17(20(27)21(25)28)19(26)13-7-8-16(29-3)14(22)12-13/h4-9,12,18,26H,10-11H2,1-3H3/b19-17-. The third kappa shape index (κ3) is 4.18. The minimum atomic E-state index is -0.753. The summed E-state index contributed by atoms with van der Waals surface area (Å²) in [5, 5.41) is 11.0. The van der Waals surface area contributed by atoms with Crippen molar-refractivity contribution in [2.24, 2.45) is 0 Å². The summed E-state index contributed by atoms with van der Waals surface area (Å²) in [6, 6.07) is 9.51. The summed E-state index contributed by atoms with van der Waals surface area (Å²) in [4.78, 5) is 33.4. The number of hydrogen-bond donors (Lipinski definition) is 1.